The zero-order valence-corrected chi connectivity index (χ0v) is 13.5. The predicted octanol–water partition coefficient (Wildman–Crippen LogP) is 4.49. The Balaban J connectivity index is 2.13. The number of rotatable bonds is 4. The molecule has 116 valence electrons. The van der Waals surface area contributed by atoms with Crippen molar-refractivity contribution in [3.8, 4) is 5.75 Å². The molecule has 4 nitrogen and oxygen atoms in total. The Kier molecular flexibility index (Phi) is 5.04. The van der Waals surface area contributed by atoms with Crippen LogP contribution in [0.4, 0.5) is 16.2 Å². The number of amides is 1. The third kappa shape index (κ3) is 4.01. The minimum atomic E-state index is -0.487. The normalized spacial score (nSPS) is 10.4. The lowest BCUT2D eigenvalue weighted by Crippen LogP contribution is -2.17. The molecule has 0 aliphatic heterocycles. The van der Waals surface area contributed by atoms with E-state index in [9.17, 15) is 4.79 Å². The average molecular weight is 298 g/mol. The van der Waals surface area contributed by atoms with E-state index in [2.05, 4.69) is 24.1 Å². The molecule has 0 saturated heterocycles. The van der Waals surface area contributed by atoms with Crippen molar-refractivity contribution in [3.05, 3.63) is 54.1 Å². The lowest BCUT2D eigenvalue weighted by Gasteiger charge is -2.20. The monoisotopic (exact) mass is 298 g/mol. The van der Waals surface area contributed by atoms with Gasteiger partial charge in [-0.15, -0.1) is 0 Å². The number of carbonyl (C=O) groups excluding carboxylic acids is 1. The summed E-state index contributed by atoms with van der Waals surface area (Å²) in [6.45, 7) is 4.24. The van der Waals surface area contributed by atoms with Crippen molar-refractivity contribution < 1.29 is 9.53 Å². The van der Waals surface area contributed by atoms with Crippen LogP contribution in [-0.4, -0.2) is 20.2 Å². The number of nitrogens with one attached hydrogen (secondary N) is 1. The van der Waals surface area contributed by atoms with Crippen LogP contribution < -0.4 is 15.0 Å². The first-order valence-electron chi connectivity index (χ1n) is 7.32. The lowest BCUT2D eigenvalue weighted by molar-refractivity contribution is 0.215. The number of para-hydroxylation sites is 1. The standard InChI is InChI=1S/C18H22N2O2/c1-13(2)16-12-15(10-11-17(16)20(3)4)22-18(21)19-14-8-6-5-7-9-14/h5-13H,1-4H3,(H,19,21). The molecule has 0 radical (unpaired) electrons. The first kappa shape index (κ1) is 15.9. The summed E-state index contributed by atoms with van der Waals surface area (Å²) < 4.78 is 5.38. The highest BCUT2D eigenvalue weighted by Crippen LogP contribution is 2.30. The largest absolute Gasteiger partial charge is 0.417 e. The fourth-order valence-corrected chi connectivity index (χ4v) is 2.24. The molecule has 0 saturated carbocycles. The minimum absolute atomic E-state index is 0.345. The number of hydrogen-bond donors (Lipinski definition) is 1. The Labute approximate surface area is 131 Å². The van der Waals surface area contributed by atoms with Gasteiger partial charge in [-0.1, -0.05) is 32.0 Å². The van der Waals surface area contributed by atoms with E-state index >= 15 is 0 Å². The van der Waals surface area contributed by atoms with Gasteiger partial charge in [-0.3, -0.25) is 5.32 Å². The van der Waals surface area contributed by atoms with Gasteiger partial charge >= 0.3 is 6.09 Å². The van der Waals surface area contributed by atoms with E-state index in [0.717, 1.165) is 11.3 Å². The Bertz CT molecular complexity index is 637. The summed E-state index contributed by atoms with van der Waals surface area (Å²) in [5, 5.41) is 2.70. The second-order valence-corrected chi connectivity index (χ2v) is 5.65. The van der Waals surface area contributed by atoms with Gasteiger partial charge in [-0.25, -0.2) is 4.79 Å². The highest BCUT2D eigenvalue weighted by atomic mass is 16.6. The minimum Gasteiger partial charge on any atom is -0.410 e. The van der Waals surface area contributed by atoms with Gasteiger partial charge in [-0.05, 0) is 41.8 Å². The van der Waals surface area contributed by atoms with Crippen LogP contribution in [0.2, 0.25) is 0 Å². The van der Waals surface area contributed by atoms with Crippen molar-refractivity contribution in [3.63, 3.8) is 0 Å². The molecule has 0 aliphatic carbocycles. The molecule has 0 spiro atoms. The van der Waals surface area contributed by atoms with E-state index in [0.29, 0.717) is 17.4 Å². The first-order valence-corrected chi connectivity index (χ1v) is 7.32. The first-order chi connectivity index (χ1) is 10.5. The molecule has 2 aromatic rings. The van der Waals surface area contributed by atoms with Crippen LogP contribution in [0, 0.1) is 0 Å². The molecule has 0 aliphatic rings. The van der Waals surface area contributed by atoms with E-state index in [1.54, 1.807) is 0 Å². The number of hydrogen-bond acceptors (Lipinski definition) is 3. The number of ether oxygens (including phenoxy) is 1. The molecule has 0 aromatic heterocycles. The fourth-order valence-electron chi connectivity index (χ4n) is 2.24. The van der Waals surface area contributed by atoms with Crippen LogP contribution >= 0.6 is 0 Å². The third-order valence-corrected chi connectivity index (χ3v) is 3.33. The maximum Gasteiger partial charge on any atom is 0.417 e. The molecule has 0 fully saturated rings. The van der Waals surface area contributed by atoms with E-state index in [1.807, 2.05) is 62.6 Å². The summed E-state index contributed by atoms with van der Waals surface area (Å²) >= 11 is 0. The number of carbonyl (C=O) groups is 1. The molecule has 2 aromatic carbocycles. The zero-order valence-electron chi connectivity index (χ0n) is 13.5. The van der Waals surface area contributed by atoms with Crippen molar-refractivity contribution in [1.82, 2.24) is 0 Å². The van der Waals surface area contributed by atoms with Gasteiger partial charge in [0, 0.05) is 25.5 Å². The van der Waals surface area contributed by atoms with Gasteiger partial charge in [0.1, 0.15) is 5.75 Å². The van der Waals surface area contributed by atoms with Gasteiger partial charge in [0.05, 0.1) is 0 Å². The van der Waals surface area contributed by atoms with Crippen LogP contribution in [-0.2, 0) is 0 Å². The van der Waals surface area contributed by atoms with Gasteiger partial charge in [0.15, 0.2) is 0 Å². The average Bonchev–Trinajstić information content (AvgIpc) is 2.47. The number of anilines is 2. The van der Waals surface area contributed by atoms with Gasteiger partial charge in [-0.2, -0.15) is 0 Å². The summed E-state index contributed by atoms with van der Waals surface area (Å²) in [6, 6.07) is 14.9. The second kappa shape index (κ2) is 6.98. The van der Waals surface area contributed by atoms with Crippen LogP contribution in [0.15, 0.2) is 48.5 Å². The molecule has 0 atom stereocenters. The fraction of sp³-hybridized carbons (Fsp3) is 0.278. The van der Waals surface area contributed by atoms with Crippen molar-refractivity contribution in [1.29, 1.82) is 0 Å². The molecular formula is C18H22N2O2. The van der Waals surface area contributed by atoms with E-state index in [4.69, 9.17) is 4.74 Å². The van der Waals surface area contributed by atoms with Crippen molar-refractivity contribution in [2.45, 2.75) is 19.8 Å². The molecule has 0 bridgehead atoms. The van der Waals surface area contributed by atoms with Gasteiger partial charge in [0.25, 0.3) is 0 Å². The van der Waals surface area contributed by atoms with Gasteiger partial charge in [0.2, 0.25) is 0 Å². The van der Waals surface area contributed by atoms with Crippen molar-refractivity contribution >= 4 is 17.5 Å². The zero-order chi connectivity index (χ0) is 16.1. The Hall–Kier alpha value is -2.49. The van der Waals surface area contributed by atoms with Crippen LogP contribution in [0.5, 0.6) is 5.75 Å². The molecule has 4 heteroatoms. The van der Waals surface area contributed by atoms with Crippen LogP contribution in [0.3, 0.4) is 0 Å². The van der Waals surface area contributed by atoms with E-state index < -0.39 is 6.09 Å². The number of benzene rings is 2. The van der Waals surface area contributed by atoms with Gasteiger partial charge < -0.3 is 9.64 Å². The number of nitrogens with zero attached hydrogens (tertiary/aromatic N) is 1. The molecule has 22 heavy (non-hydrogen) atoms. The SMILES string of the molecule is CC(C)c1cc(OC(=O)Nc2ccccc2)ccc1N(C)C. The summed E-state index contributed by atoms with van der Waals surface area (Å²) in [5.74, 6) is 0.890. The highest BCUT2D eigenvalue weighted by molar-refractivity contribution is 5.86. The molecule has 1 N–H and O–H groups in total. The third-order valence-electron chi connectivity index (χ3n) is 3.33. The molecular weight excluding hydrogens is 276 g/mol. The maximum atomic E-state index is 11.9. The summed E-state index contributed by atoms with van der Waals surface area (Å²) in [7, 11) is 4.01. The van der Waals surface area contributed by atoms with E-state index in [-0.39, 0.29) is 0 Å². The lowest BCUT2D eigenvalue weighted by atomic mass is 10.0. The molecule has 2 rings (SSSR count). The Morgan fingerprint density at radius 3 is 2.36 bits per heavy atom. The topological polar surface area (TPSA) is 41.6 Å². The summed E-state index contributed by atoms with van der Waals surface area (Å²) in [6.07, 6.45) is -0.487. The molecule has 1 amide bonds. The van der Waals surface area contributed by atoms with Crippen LogP contribution in [0.1, 0.15) is 25.3 Å². The van der Waals surface area contributed by atoms with Crippen molar-refractivity contribution in [2.24, 2.45) is 0 Å². The Morgan fingerprint density at radius 1 is 1.09 bits per heavy atom. The van der Waals surface area contributed by atoms with Crippen molar-refractivity contribution in [2.75, 3.05) is 24.3 Å². The predicted molar refractivity (Wildman–Crippen MR) is 90.9 cm³/mol. The van der Waals surface area contributed by atoms with Crippen LogP contribution in [0.25, 0.3) is 0 Å². The van der Waals surface area contributed by atoms with E-state index in [1.165, 1.54) is 0 Å². The quantitative estimate of drug-likeness (QED) is 0.904. The Morgan fingerprint density at radius 2 is 1.77 bits per heavy atom. The maximum absolute atomic E-state index is 11.9. The molecule has 0 unspecified atom stereocenters. The molecule has 0 heterocycles. The smallest absolute Gasteiger partial charge is 0.410 e. The summed E-state index contributed by atoms with van der Waals surface area (Å²) in [4.78, 5) is 14.0. The second-order valence-electron chi connectivity index (χ2n) is 5.65. The summed E-state index contributed by atoms with van der Waals surface area (Å²) in [5.41, 5.74) is 2.99. The highest BCUT2D eigenvalue weighted by Gasteiger charge is 2.12.